The predicted octanol–water partition coefficient (Wildman–Crippen LogP) is 4.91. The highest BCUT2D eigenvalue weighted by Gasteiger charge is 2.43. The highest BCUT2D eigenvalue weighted by molar-refractivity contribution is 6.05. The molecule has 11 heteroatoms. The molecule has 1 aromatic carbocycles. The van der Waals surface area contributed by atoms with Gasteiger partial charge in [0.25, 0.3) is 0 Å². The van der Waals surface area contributed by atoms with Crippen LogP contribution in [0, 0.1) is 17.2 Å². The van der Waals surface area contributed by atoms with E-state index in [2.05, 4.69) is 69.8 Å². The third-order valence-corrected chi connectivity index (χ3v) is 10.3. The molecule has 2 unspecified atom stereocenters. The van der Waals surface area contributed by atoms with Crippen LogP contribution in [0.25, 0.3) is 27.7 Å². The van der Waals surface area contributed by atoms with Crippen molar-refractivity contribution >= 4 is 34.1 Å². The Morgan fingerprint density at radius 3 is 2.76 bits per heavy atom. The van der Waals surface area contributed by atoms with E-state index in [0.717, 1.165) is 78.1 Å². The fourth-order valence-electron chi connectivity index (χ4n) is 7.76. The Kier molecular flexibility index (Phi) is 6.31. The number of likely N-dealkylation sites (tertiary alicyclic amines) is 1. The van der Waals surface area contributed by atoms with Gasteiger partial charge in [-0.3, -0.25) is 0 Å². The lowest BCUT2D eigenvalue weighted by Gasteiger charge is -2.43. The molecule has 0 N–H and O–H groups in total. The molecule has 1 aliphatic carbocycles. The number of aromatic nitrogens is 5. The van der Waals surface area contributed by atoms with Crippen LogP contribution in [0.2, 0.25) is 0 Å². The van der Waals surface area contributed by atoms with Gasteiger partial charge in [-0.15, -0.1) is 0 Å². The van der Waals surface area contributed by atoms with E-state index in [1.54, 1.807) is 13.3 Å². The van der Waals surface area contributed by atoms with Gasteiger partial charge >= 0.3 is 6.03 Å². The molecule has 0 radical (unpaired) electrons. The SMILES string of the molecule is COc1cc2c(ncn2C)c2c1-c1cccn3c(N(C)C4CCN(C(=O)n5ccnc5C#N)C(C5CC5)C4)cc(c13)CCN2C. The average Bonchev–Trinajstić information content (AvgIpc) is 3.51. The molecule has 230 valence electrons. The number of hydrogen-bond donors (Lipinski definition) is 0. The van der Waals surface area contributed by atoms with E-state index in [1.165, 1.54) is 21.8 Å². The fourth-order valence-corrected chi connectivity index (χ4v) is 7.76. The monoisotopic (exact) mass is 603 g/mol. The number of methoxy groups -OCH3 is 1. The van der Waals surface area contributed by atoms with Crippen LogP contribution in [-0.4, -0.2) is 80.8 Å². The number of piperidine rings is 1. The van der Waals surface area contributed by atoms with Crippen LogP contribution in [0.4, 0.5) is 16.3 Å². The van der Waals surface area contributed by atoms with Crippen molar-refractivity contribution in [1.82, 2.24) is 28.4 Å². The highest BCUT2D eigenvalue weighted by atomic mass is 16.5. The standard InChI is InChI=1S/C34H37N9O2/c1-38-13-9-22-16-29(40(3)23-10-14-41(25(17-23)21-7-8-21)34(44)42-15-11-36-28(42)19-35)43-12-5-6-24(32(22)43)30-27(45-4)18-26-31(33(30)38)37-20-39(26)2/h5-6,11-12,15-16,18,20-21,23,25H,7-10,13-14,17H2,1-4H3. The van der Waals surface area contributed by atoms with E-state index in [1.807, 2.05) is 22.8 Å². The van der Waals surface area contributed by atoms with Gasteiger partial charge in [0.1, 0.15) is 23.2 Å². The van der Waals surface area contributed by atoms with Gasteiger partial charge in [-0.1, -0.05) is 6.07 Å². The number of amides is 1. The maximum absolute atomic E-state index is 13.6. The van der Waals surface area contributed by atoms with Gasteiger partial charge in [0.2, 0.25) is 5.82 Å². The number of nitriles is 1. The van der Waals surface area contributed by atoms with Gasteiger partial charge in [-0.25, -0.2) is 19.3 Å². The molecule has 2 fully saturated rings. The number of hydrogen-bond acceptors (Lipinski definition) is 7. The van der Waals surface area contributed by atoms with Gasteiger partial charge in [-0.05, 0) is 55.7 Å². The first-order valence-electron chi connectivity index (χ1n) is 15.7. The van der Waals surface area contributed by atoms with Crippen molar-refractivity contribution < 1.29 is 9.53 Å². The number of pyridine rings is 1. The Morgan fingerprint density at radius 2 is 1.98 bits per heavy atom. The van der Waals surface area contributed by atoms with Crippen molar-refractivity contribution in [2.45, 2.75) is 44.2 Å². The minimum absolute atomic E-state index is 0.140. The first kappa shape index (κ1) is 27.6. The molecule has 1 saturated heterocycles. The van der Waals surface area contributed by atoms with Crippen molar-refractivity contribution in [3.8, 4) is 22.9 Å². The summed E-state index contributed by atoms with van der Waals surface area (Å²) in [5.41, 5.74) is 7.86. The Bertz CT molecular complexity index is 2010. The lowest BCUT2D eigenvalue weighted by molar-refractivity contribution is 0.132. The number of nitrogens with zero attached hydrogens (tertiary/aromatic N) is 9. The molecule has 2 atom stereocenters. The summed E-state index contributed by atoms with van der Waals surface area (Å²) in [5.74, 6) is 2.64. The number of carbonyl (C=O) groups is 1. The zero-order chi connectivity index (χ0) is 31.0. The highest BCUT2D eigenvalue weighted by Crippen LogP contribution is 2.48. The summed E-state index contributed by atoms with van der Waals surface area (Å²) in [7, 11) is 8.12. The lowest BCUT2D eigenvalue weighted by atomic mass is 9.93. The summed E-state index contributed by atoms with van der Waals surface area (Å²) >= 11 is 0. The Labute approximate surface area is 261 Å². The summed E-state index contributed by atoms with van der Waals surface area (Å²) in [4.78, 5) is 29.2. The van der Waals surface area contributed by atoms with E-state index < -0.39 is 0 Å². The molecular formula is C34H37N9O2. The number of aryl methyl sites for hydroxylation is 1. The van der Waals surface area contributed by atoms with Crippen LogP contribution >= 0.6 is 0 Å². The average molecular weight is 604 g/mol. The number of imidazole rings is 2. The second kappa shape index (κ2) is 10.3. The number of carbonyl (C=O) groups excluding carboxylic acids is 1. The van der Waals surface area contributed by atoms with Gasteiger partial charge in [-0.2, -0.15) is 5.26 Å². The van der Waals surface area contributed by atoms with Crippen LogP contribution in [0.15, 0.2) is 49.2 Å². The number of fused-ring (bicyclic) bond motifs is 4. The molecule has 5 aromatic rings. The molecule has 3 aliphatic rings. The Hall–Kier alpha value is -4.98. The molecule has 1 amide bonds. The van der Waals surface area contributed by atoms with Crippen molar-refractivity contribution in [3.05, 3.63) is 60.6 Å². The van der Waals surface area contributed by atoms with E-state index in [4.69, 9.17) is 9.72 Å². The van der Waals surface area contributed by atoms with Gasteiger partial charge in [0, 0.05) is 76.5 Å². The lowest BCUT2D eigenvalue weighted by Crippen LogP contribution is -2.53. The van der Waals surface area contributed by atoms with Crippen LogP contribution in [0.5, 0.6) is 5.75 Å². The topological polar surface area (TPSA) is 99.9 Å². The number of anilines is 2. The van der Waals surface area contributed by atoms with Crippen molar-refractivity contribution in [1.29, 1.82) is 5.26 Å². The van der Waals surface area contributed by atoms with Gasteiger partial charge < -0.3 is 28.4 Å². The number of rotatable bonds is 4. The minimum Gasteiger partial charge on any atom is -0.496 e. The van der Waals surface area contributed by atoms with E-state index in [9.17, 15) is 10.1 Å². The number of benzene rings is 1. The summed E-state index contributed by atoms with van der Waals surface area (Å²) < 4.78 is 11.8. The van der Waals surface area contributed by atoms with Crippen LogP contribution in [-0.2, 0) is 13.5 Å². The maximum atomic E-state index is 13.6. The third kappa shape index (κ3) is 4.19. The van der Waals surface area contributed by atoms with Crippen molar-refractivity contribution in [3.63, 3.8) is 0 Å². The summed E-state index contributed by atoms with van der Waals surface area (Å²) in [6.45, 7) is 1.50. The predicted molar refractivity (Wildman–Crippen MR) is 173 cm³/mol. The number of likely N-dealkylation sites (N-methyl/N-ethyl adjacent to an activating group) is 1. The van der Waals surface area contributed by atoms with Crippen LogP contribution < -0.4 is 14.5 Å². The molecule has 4 aromatic heterocycles. The Balaban J connectivity index is 1.18. The molecule has 11 nitrogen and oxygen atoms in total. The third-order valence-electron chi connectivity index (χ3n) is 10.3. The molecule has 0 bridgehead atoms. The second-order valence-corrected chi connectivity index (χ2v) is 12.8. The molecule has 1 saturated carbocycles. The zero-order valence-electron chi connectivity index (χ0n) is 26.1. The van der Waals surface area contributed by atoms with E-state index >= 15 is 0 Å². The van der Waals surface area contributed by atoms with E-state index in [0.29, 0.717) is 12.5 Å². The normalized spacial score (nSPS) is 19.7. The van der Waals surface area contributed by atoms with Crippen LogP contribution in [0.1, 0.15) is 37.1 Å². The minimum atomic E-state index is -0.140. The van der Waals surface area contributed by atoms with Gasteiger partial charge in [0.05, 0.1) is 35.7 Å². The molecular weight excluding hydrogens is 566 g/mol. The van der Waals surface area contributed by atoms with E-state index in [-0.39, 0.29) is 23.9 Å². The summed E-state index contributed by atoms with van der Waals surface area (Å²) in [5, 5.41) is 9.47. The number of ether oxygens (including phenoxy) is 1. The van der Waals surface area contributed by atoms with Crippen molar-refractivity contribution in [2.75, 3.05) is 44.1 Å². The molecule has 2 aliphatic heterocycles. The second-order valence-electron chi connectivity index (χ2n) is 12.8. The largest absolute Gasteiger partial charge is 0.496 e. The zero-order valence-corrected chi connectivity index (χ0v) is 26.1. The first-order chi connectivity index (χ1) is 21.9. The fraction of sp³-hybridized carbons (Fsp3) is 0.412. The molecule has 0 spiro atoms. The summed E-state index contributed by atoms with van der Waals surface area (Å²) in [6, 6.07) is 11.1. The maximum Gasteiger partial charge on any atom is 0.330 e. The summed E-state index contributed by atoms with van der Waals surface area (Å²) in [6.07, 6.45) is 12.1. The van der Waals surface area contributed by atoms with Crippen molar-refractivity contribution in [2.24, 2.45) is 13.0 Å². The Morgan fingerprint density at radius 1 is 1.13 bits per heavy atom. The molecule has 6 heterocycles. The molecule has 8 rings (SSSR count). The smallest absolute Gasteiger partial charge is 0.330 e. The van der Waals surface area contributed by atoms with Crippen LogP contribution in [0.3, 0.4) is 0 Å². The van der Waals surface area contributed by atoms with Gasteiger partial charge in [0.15, 0.2) is 0 Å². The first-order valence-corrected chi connectivity index (χ1v) is 15.7. The molecule has 45 heavy (non-hydrogen) atoms. The quantitative estimate of drug-likeness (QED) is 0.288.